The number of nitrogens with zero attached hydrogens (tertiary/aromatic N) is 1. The van der Waals surface area contributed by atoms with Gasteiger partial charge in [0.2, 0.25) is 0 Å². The minimum Gasteiger partial charge on any atom is -0.472 e. The van der Waals surface area contributed by atoms with E-state index in [4.69, 9.17) is 11.3 Å². The summed E-state index contributed by atoms with van der Waals surface area (Å²) in [6, 6.07) is 43.2. The van der Waals surface area contributed by atoms with E-state index in [1.54, 1.807) is 23.5 Å². The fourth-order valence-electron chi connectivity index (χ4n) is 7.91. The molecule has 8 rings (SSSR count). The van der Waals surface area contributed by atoms with Crippen molar-refractivity contribution in [3.05, 3.63) is 167 Å². The lowest BCUT2D eigenvalue weighted by Crippen LogP contribution is -2.35. The molecule has 0 saturated heterocycles. The van der Waals surface area contributed by atoms with Crippen molar-refractivity contribution in [1.82, 2.24) is 0 Å². The Hall–Kier alpha value is -4.69. The van der Waals surface area contributed by atoms with E-state index >= 15 is 0 Å². The standard InChI is InChI=1S/C44H35NOS2/c1-5-43(6-2)39-28-31(45-3)20-25-37(39)40-35-14-10-11-15-36(35)42-38(41(40)43)26-27-44(46-42,29-16-21-32(47-4)22-17-29)30-18-23-34(24-19-30)48-33-12-8-7-9-13-33/h7-28H,5-6H2,1-2,4H3. The van der Waals surface area contributed by atoms with Gasteiger partial charge in [-0.1, -0.05) is 117 Å². The summed E-state index contributed by atoms with van der Waals surface area (Å²) < 4.78 is 7.54. The van der Waals surface area contributed by atoms with Gasteiger partial charge in [0.1, 0.15) is 5.75 Å². The van der Waals surface area contributed by atoms with Gasteiger partial charge in [0, 0.05) is 42.2 Å². The molecule has 0 bridgehead atoms. The van der Waals surface area contributed by atoms with Crippen LogP contribution >= 0.6 is 23.5 Å². The molecule has 2 nitrogen and oxygen atoms in total. The summed E-state index contributed by atoms with van der Waals surface area (Å²) in [5.41, 5.74) is 8.11. The molecule has 0 aromatic heterocycles. The largest absolute Gasteiger partial charge is 0.472 e. The molecule has 0 radical (unpaired) electrons. The lowest BCUT2D eigenvalue weighted by atomic mass is 9.71. The van der Waals surface area contributed by atoms with Gasteiger partial charge in [0.25, 0.3) is 0 Å². The highest BCUT2D eigenvalue weighted by molar-refractivity contribution is 7.99. The molecule has 0 amide bonds. The van der Waals surface area contributed by atoms with Crippen LogP contribution in [0.15, 0.2) is 142 Å². The van der Waals surface area contributed by atoms with Crippen LogP contribution in [0.2, 0.25) is 0 Å². The van der Waals surface area contributed by atoms with Crippen LogP contribution in [0.4, 0.5) is 5.69 Å². The molecule has 2 aliphatic rings. The van der Waals surface area contributed by atoms with E-state index in [9.17, 15) is 0 Å². The average molecular weight is 658 g/mol. The minimum absolute atomic E-state index is 0.219. The number of benzene rings is 6. The molecule has 6 aromatic carbocycles. The van der Waals surface area contributed by atoms with Crippen molar-refractivity contribution in [3.63, 3.8) is 0 Å². The van der Waals surface area contributed by atoms with Gasteiger partial charge >= 0.3 is 0 Å². The average Bonchev–Trinajstić information content (AvgIpc) is 3.45. The third-order valence-corrected chi connectivity index (χ3v) is 12.1. The van der Waals surface area contributed by atoms with Gasteiger partial charge in [-0.15, -0.1) is 11.8 Å². The van der Waals surface area contributed by atoms with Crippen molar-refractivity contribution in [3.8, 4) is 16.9 Å². The Morgan fingerprint density at radius 1 is 0.708 bits per heavy atom. The Labute approximate surface area is 291 Å². The lowest BCUT2D eigenvalue weighted by molar-refractivity contribution is 0.163. The summed E-state index contributed by atoms with van der Waals surface area (Å²) in [5.74, 6) is 0.924. The summed E-state index contributed by atoms with van der Waals surface area (Å²) in [5, 5.41) is 2.31. The Morgan fingerprint density at radius 3 is 1.98 bits per heavy atom. The first-order valence-corrected chi connectivity index (χ1v) is 18.6. The van der Waals surface area contributed by atoms with Gasteiger partial charge in [0.15, 0.2) is 11.3 Å². The fraction of sp³-hybridized carbons (Fsp3) is 0.159. The number of fused-ring (bicyclic) bond motifs is 8. The van der Waals surface area contributed by atoms with Gasteiger partial charge in [-0.25, -0.2) is 4.85 Å². The van der Waals surface area contributed by atoms with Crippen LogP contribution in [0.5, 0.6) is 5.75 Å². The Kier molecular flexibility index (Phi) is 7.71. The zero-order chi connectivity index (χ0) is 32.9. The SMILES string of the molecule is [C-]#[N+]c1ccc2c(c1)C(CC)(CC)c1c3c(c4ccccc4c1-2)OC(c1ccc(SC)cc1)(c1ccc(Sc2ccccc2)cc1)C=C3. The second-order valence-corrected chi connectivity index (χ2v) is 14.5. The second-order valence-electron chi connectivity index (χ2n) is 12.5. The van der Waals surface area contributed by atoms with Gasteiger partial charge in [-0.05, 0) is 89.2 Å². The zero-order valence-electron chi connectivity index (χ0n) is 27.3. The predicted octanol–water partition coefficient (Wildman–Crippen LogP) is 12.7. The van der Waals surface area contributed by atoms with Crippen LogP contribution in [0.1, 0.15) is 54.5 Å². The normalized spacial score (nSPS) is 16.9. The topological polar surface area (TPSA) is 13.6 Å². The molecule has 234 valence electrons. The summed E-state index contributed by atoms with van der Waals surface area (Å²) in [6.07, 6.45) is 8.60. The number of rotatable bonds is 7. The van der Waals surface area contributed by atoms with Gasteiger partial charge in [0.05, 0.1) is 6.57 Å². The molecule has 1 aliphatic carbocycles. The molecule has 0 fully saturated rings. The van der Waals surface area contributed by atoms with E-state index in [1.165, 1.54) is 42.3 Å². The molecule has 1 atom stereocenters. The Morgan fingerprint density at radius 2 is 1.33 bits per heavy atom. The van der Waals surface area contributed by atoms with Crippen LogP contribution in [-0.4, -0.2) is 6.26 Å². The Bertz CT molecular complexity index is 2240. The van der Waals surface area contributed by atoms with E-state index in [2.05, 4.69) is 152 Å². The molecule has 4 heteroatoms. The minimum atomic E-state index is -0.819. The highest BCUT2D eigenvalue weighted by Crippen LogP contribution is 2.60. The van der Waals surface area contributed by atoms with E-state index in [0.29, 0.717) is 5.69 Å². The maximum absolute atomic E-state index is 7.79. The molecule has 0 spiro atoms. The van der Waals surface area contributed by atoms with E-state index < -0.39 is 5.60 Å². The number of ether oxygens (including phenoxy) is 1. The predicted molar refractivity (Wildman–Crippen MR) is 203 cm³/mol. The molecule has 1 heterocycles. The first-order chi connectivity index (χ1) is 23.5. The molecule has 0 saturated carbocycles. The number of hydrogen-bond donors (Lipinski definition) is 0. The van der Waals surface area contributed by atoms with E-state index in [1.807, 2.05) is 6.07 Å². The van der Waals surface area contributed by atoms with Crippen LogP contribution < -0.4 is 4.74 Å². The lowest BCUT2D eigenvalue weighted by Gasteiger charge is -2.39. The van der Waals surface area contributed by atoms with E-state index in [-0.39, 0.29) is 5.41 Å². The quantitative estimate of drug-likeness (QED) is 0.125. The van der Waals surface area contributed by atoms with Crippen LogP contribution in [-0.2, 0) is 11.0 Å². The maximum atomic E-state index is 7.79. The smallest absolute Gasteiger partial charge is 0.187 e. The van der Waals surface area contributed by atoms with Crippen LogP contribution in [0, 0.1) is 6.57 Å². The highest BCUT2D eigenvalue weighted by Gasteiger charge is 2.46. The molecule has 6 aromatic rings. The molecule has 1 unspecified atom stereocenters. The van der Waals surface area contributed by atoms with Crippen LogP contribution in [0.25, 0.3) is 32.8 Å². The Balaban J connectivity index is 1.35. The summed E-state index contributed by atoms with van der Waals surface area (Å²) in [7, 11) is 0. The zero-order valence-corrected chi connectivity index (χ0v) is 28.9. The molecule has 48 heavy (non-hydrogen) atoms. The number of thioether (sulfide) groups is 1. The monoisotopic (exact) mass is 657 g/mol. The molecule has 0 N–H and O–H groups in total. The highest BCUT2D eigenvalue weighted by atomic mass is 32.2. The first-order valence-electron chi connectivity index (χ1n) is 16.5. The van der Waals surface area contributed by atoms with Gasteiger partial charge in [-0.2, -0.15) is 0 Å². The fourth-order valence-corrected chi connectivity index (χ4v) is 9.16. The molecular weight excluding hydrogens is 623 g/mol. The van der Waals surface area contributed by atoms with Gasteiger partial charge in [-0.3, -0.25) is 0 Å². The molecular formula is C44H35NOS2. The van der Waals surface area contributed by atoms with Crippen molar-refractivity contribution in [1.29, 1.82) is 0 Å². The summed E-state index contributed by atoms with van der Waals surface area (Å²) in [6.45, 7) is 12.4. The second kappa shape index (κ2) is 12.1. The van der Waals surface area contributed by atoms with Crippen molar-refractivity contribution in [2.75, 3.05) is 6.26 Å². The van der Waals surface area contributed by atoms with E-state index in [0.717, 1.165) is 40.7 Å². The third-order valence-electron chi connectivity index (χ3n) is 10.3. The van der Waals surface area contributed by atoms with Crippen molar-refractivity contribution in [2.45, 2.75) is 52.4 Å². The van der Waals surface area contributed by atoms with Gasteiger partial charge < -0.3 is 4.74 Å². The van der Waals surface area contributed by atoms with Crippen molar-refractivity contribution < 1.29 is 4.74 Å². The van der Waals surface area contributed by atoms with Crippen molar-refractivity contribution in [2.24, 2.45) is 0 Å². The maximum Gasteiger partial charge on any atom is 0.187 e. The molecule has 1 aliphatic heterocycles. The summed E-state index contributed by atoms with van der Waals surface area (Å²) >= 11 is 3.51. The van der Waals surface area contributed by atoms with Crippen molar-refractivity contribution >= 4 is 46.1 Å². The first kappa shape index (κ1) is 30.6. The third kappa shape index (κ3) is 4.64. The van der Waals surface area contributed by atoms with Crippen LogP contribution in [0.3, 0.4) is 0 Å². The number of hydrogen-bond acceptors (Lipinski definition) is 3. The summed E-state index contributed by atoms with van der Waals surface area (Å²) in [4.78, 5) is 7.46.